The quantitative estimate of drug-likeness (QED) is 0.742. The highest BCUT2D eigenvalue weighted by Gasteiger charge is 2.10. The van der Waals surface area contributed by atoms with Crippen molar-refractivity contribution in [1.82, 2.24) is 9.97 Å². The predicted molar refractivity (Wildman–Crippen MR) is 74.0 cm³/mol. The van der Waals surface area contributed by atoms with Gasteiger partial charge in [0.05, 0.1) is 4.90 Å². The third-order valence-corrected chi connectivity index (χ3v) is 3.34. The van der Waals surface area contributed by atoms with Crippen LogP contribution in [0.15, 0.2) is 34.3 Å². The van der Waals surface area contributed by atoms with E-state index in [4.69, 9.17) is 17.2 Å². The first-order valence-corrected chi connectivity index (χ1v) is 6.40. The monoisotopic (exact) mass is 279 g/mol. The van der Waals surface area contributed by atoms with Gasteiger partial charge in [0.25, 0.3) is 0 Å². The SMILES string of the molecule is CC(N)c1ccc(Sc2nc(N)cc(N)n2)c(F)c1. The molecule has 0 fully saturated rings. The van der Waals surface area contributed by atoms with Gasteiger partial charge in [-0.1, -0.05) is 6.07 Å². The van der Waals surface area contributed by atoms with E-state index in [0.29, 0.717) is 10.1 Å². The lowest BCUT2D eigenvalue weighted by molar-refractivity contribution is 0.596. The summed E-state index contributed by atoms with van der Waals surface area (Å²) in [5.41, 5.74) is 17.5. The van der Waals surface area contributed by atoms with E-state index in [1.54, 1.807) is 19.1 Å². The molecular weight excluding hydrogens is 265 g/mol. The molecule has 0 aliphatic rings. The molecule has 0 aliphatic heterocycles. The van der Waals surface area contributed by atoms with Crippen LogP contribution in [-0.4, -0.2) is 9.97 Å². The topological polar surface area (TPSA) is 104 Å². The molecule has 2 aromatic rings. The fourth-order valence-electron chi connectivity index (χ4n) is 1.49. The molecule has 2 rings (SSSR count). The molecule has 1 aromatic carbocycles. The molecule has 19 heavy (non-hydrogen) atoms. The molecule has 0 spiro atoms. The summed E-state index contributed by atoms with van der Waals surface area (Å²) in [7, 11) is 0. The van der Waals surface area contributed by atoms with E-state index in [1.807, 2.05) is 0 Å². The Labute approximate surface area is 114 Å². The van der Waals surface area contributed by atoms with Crippen molar-refractivity contribution in [3.8, 4) is 0 Å². The van der Waals surface area contributed by atoms with Crippen molar-refractivity contribution in [2.75, 3.05) is 11.5 Å². The van der Waals surface area contributed by atoms with Gasteiger partial charge >= 0.3 is 0 Å². The van der Waals surface area contributed by atoms with Crippen molar-refractivity contribution >= 4 is 23.4 Å². The number of halogens is 1. The molecule has 5 nitrogen and oxygen atoms in total. The zero-order chi connectivity index (χ0) is 14.0. The maximum absolute atomic E-state index is 13.9. The molecule has 0 saturated heterocycles. The van der Waals surface area contributed by atoms with Crippen LogP contribution in [0, 0.1) is 5.82 Å². The molecule has 100 valence electrons. The van der Waals surface area contributed by atoms with Crippen LogP contribution in [0.3, 0.4) is 0 Å². The average molecular weight is 279 g/mol. The third kappa shape index (κ3) is 3.33. The van der Waals surface area contributed by atoms with Gasteiger partial charge in [-0.05, 0) is 36.4 Å². The normalized spacial score (nSPS) is 12.4. The minimum absolute atomic E-state index is 0.215. The molecule has 1 atom stereocenters. The Morgan fingerprint density at radius 1 is 1.16 bits per heavy atom. The van der Waals surface area contributed by atoms with Crippen molar-refractivity contribution in [1.29, 1.82) is 0 Å². The van der Waals surface area contributed by atoms with Crippen molar-refractivity contribution in [2.45, 2.75) is 23.0 Å². The summed E-state index contributed by atoms with van der Waals surface area (Å²) in [6.07, 6.45) is 0. The van der Waals surface area contributed by atoms with Gasteiger partial charge in [-0.2, -0.15) is 0 Å². The average Bonchev–Trinajstić information content (AvgIpc) is 2.30. The lowest BCUT2D eigenvalue weighted by atomic mass is 10.1. The maximum atomic E-state index is 13.9. The number of aromatic nitrogens is 2. The zero-order valence-corrected chi connectivity index (χ0v) is 11.1. The Balaban J connectivity index is 2.28. The van der Waals surface area contributed by atoms with Gasteiger partial charge in [0.15, 0.2) is 5.16 Å². The van der Waals surface area contributed by atoms with Gasteiger partial charge in [0.2, 0.25) is 0 Å². The molecule has 0 aliphatic carbocycles. The minimum atomic E-state index is -0.371. The second-order valence-corrected chi connectivity index (χ2v) is 5.09. The van der Waals surface area contributed by atoms with Crippen LogP contribution in [0.2, 0.25) is 0 Å². The Kier molecular flexibility index (Phi) is 3.87. The molecular formula is C12H14FN5S. The number of nitrogens with zero attached hydrogens (tertiary/aromatic N) is 2. The number of rotatable bonds is 3. The second kappa shape index (κ2) is 5.41. The molecule has 0 saturated carbocycles. The summed E-state index contributed by atoms with van der Waals surface area (Å²) in [5, 5.41) is 0.310. The summed E-state index contributed by atoms with van der Waals surface area (Å²) in [4.78, 5) is 8.37. The molecule has 1 heterocycles. The van der Waals surface area contributed by atoms with Gasteiger partial charge in [-0.25, -0.2) is 14.4 Å². The molecule has 1 unspecified atom stereocenters. The van der Waals surface area contributed by atoms with E-state index in [0.717, 1.165) is 17.3 Å². The van der Waals surface area contributed by atoms with Gasteiger partial charge in [0.1, 0.15) is 17.5 Å². The van der Waals surface area contributed by atoms with Crippen LogP contribution in [0.4, 0.5) is 16.0 Å². The molecule has 6 N–H and O–H groups in total. The van der Waals surface area contributed by atoms with Crippen molar-refractivity contribution in [3.63, 3.8) is 0 Å². The Morgan fingerprint density at radius 2 is 1.79 bits per heavy atom. The van der Waals surface area contributed by atoms with Crippen LogP contribution in [0.25, 0.3) is 0 Å². The molecule has 7 heteroatoms. The van der Waals surface area contributed by atoms with Gasteiger partial charge in [-0.15, -0.1) is 0 Å². The number of hydrogen-bond acceptors (Lipinski definition) is 6. The number of nitrogen functional groups attached to an aromatic ring is 2. The van der Waals surface area contributed by atoms with Crippen molar-refractivity contribution in [3.05, 3.63) is 35.6 Å². The summed E-state index contributed by atoms with van der Waals surface area (Å²) in [6.45, 7) is 1.79. The lowest BCUT2D eigenvalue weighted by Crippen LogP contribution is -2.05. The fourth-order valence-corrected chi connectivity index (χ4v) is 2.28. The third-order valence-electron chi connectivity index (χ3n) is 2.43. The second-order valence-electron chi connectivity index (χ2n) is 4.08. The number of anilines is 2. The fraction of sp³-hybridized carbons (Fsp3) is 0.167. The van der Waals surface area contributed by atoms with E-state index < -0.39 is 0 Å². The maximum Gasteiger partial charge on any atom is 0.196 e. The van der Waals surface area contributed by atoms with Crippen LogP contribution in [0.5, 0.6) is 0 Å². The van der Waals surface area contributed by atoms with Gasteiger partial charge < -0.3 is 17.2 Å². The first-order chi connectivity index (χ1) is 8.95. The van der Waals surface area contributed by atoms with Crippen molar-refractivity contribution in [2.24, 2.45) is 5.73 Å². The summed E-state index contributed by atoms with van der Waals surface area (Å²) >= 11 is 1.06. The summed E-state index contributed by atoms with van der Waals surface area (Å²) in [5.74, 6) is 0.134. The highest BCUT2D eigenvalue weighted by molar-refractivity contribution is 7.99. The number of hydrogen-bond donors (Lipinski definition) is 3. The smallest absolute Gasteiger partial charge is 0.196 e. The van der Waals surface area contributed by atoms with Crippen LogP contribution >= 0.6 is 11.8 Å². The first kappa shape index (κ1) is 13.6. The van der Waals surface area contributed by atoms with Gasteiger partial charge in [0, 0.05) is 12.1 Å². The van der Waals surface area contributed by atoms with Crippen LogP contribution in [0.1, 0.15) is 18.5 Å². The number of benzene rings is 1. The van der Waals surface area contributed by atoms with E-state index in [1.165, 1.54) is 12.1 Å². The zero-order valence-electron chi connectivity index (χ0n) is 10.3. The highest BCUT2D eigenvalue weighted by Crippen LogP contribution is 2.29. The summed E-state index contributed by atoms with van der Waals surface area (Å²) < 4.78 is 13.9. The van der Waals surface area contributed by atoms with Crippen LogP contribution < -0.4 is 17.2 Å². The number of nitrogens with two attached hydrogens (primary N) is 3. The standard InChI is InChI=1S/C12H14FN5S/c1-6(14)7-2-3-9(8(13)4-7)19-12-17-10(15)5-11(16)18-12/h2-6H,14H2,1H3,(H4,15,16,17,18). The van der Waals surface area contributed by atoms with E-state index in [-0.39, 0.29) is 23.5 Å². The molecule has 0 bridgehead atoms. The van der Waals surface area contributed by atoms with E-state index in [9.17, 15) is 4.39 Å². The molecule has 0 amide bonds. The van der Waals surface area contributed by atoms with E-state index in [2.05, 4.69) is 9.97 Å². The lowest BCUT2D eigenvalue weighted by Gasteiger charge is -2.08. The minimum Gasteiger partial charge on any atom is -0.383 e. The summed E-state index contributed by atoms with van der Waals surface area (Å²) in [6, 6.07) is 6.04. The van der Waals surface area contributed by atoms with Crippen LogP contribution in [-0.2, 0) is 0 Å². The largest absolute Gasteiger partial charge is 0.383 e. The first-order valence-electron chi connectivity index (χ1n) is 5.58. The van der Waals surface area contributed by atoms with Crippen molar-refractivity contribution < 1.29 is 4.39 Å². The van der Waals surface area contributed by atoms with E-state index >= 15 is 0 Å². The molecule has 1 aromatic heterocycles. The molecule has 0 radical (unpaired) electrons. The Morgan fingerprint density at radius 3 is 2.32 bits per heavy atom. The Hall–Kier alpha value is -1.86. The Bertz CT molecular complexity index is 582. The van der Waals surface area contributed by atoms with Gasteiger partial charge in [-0.3, -0.25) is 0 Å². The highest BCUT2D eigenvalue weighted by atomic mass is 32.2. The predicted octanol–water partition coefficient (Wildman–Crippen LogP) is 1.95.